The molecule has 3 aliphatic rings. The van der Waals surface area contributed by atoms with Crippen LogP contribution in [0.3, 0.4) is 0 Å². The summed E-state index contributed by atoms with van der Waals surface area (Å²) < 4.78 is 0. The average molecular weight is 1140 g/mol. The first kappa shape index (κ1) is 68.1. The molecule has 0 spiro atoms. The highest BCUT2D eigenvalue weighted by Crippen LogP contribution is 2.48. The molecule has 4 rings (SSSR count). The van der Waals surface area contributed by atoms with Crippen molar-refractivity contribution in [2.75, 3.05) is 0 Å². The highest BCUT2D eigenvalue weighted by atomic mass is 28.3. The first-order valence-electron chi connectivity index (χ1n) is 32.2. The molecule has 0 fully saturated rings. The second-order valence-corrected chi connectivity index (χ2v) is 50.3. The summed E-state index contributed by atoms with van der Waals surface area (Å²) in [5.41, 5.74) is 38.2. The maximum atomic E-state index is 6.22. The number of nitrogens with one attached hydrogen (secondary N) is 1. The molecule has 4 heterocycles. The molecule has 79 heavy (non-hydrogen) atoms. The first-order chi connectivity index (χ1) is 36.8. The van der Waals surface area contributed by atoms with Crippen LogP contribution in [0.5, 0.6) is 0 Å². The molecule has 0 amide bonds. The van der Waals surface area contributed by atoms with Gasteiger partial charge in [-0.1, -0.05) is 231 Å². The minimum Gasteiger partial charge on any atom is -0.354 e. The normalized spacial score (nSPS) is 19.6. The van der Waals surface area contributed by atoms with Crippen molar-refractivity contribution in [3.63, 3.8) is 0 Å². The Morgan fingerprint density at radius 1 is 0.380 bits per heavy atom. The van der Waals surface area contributed by atoms with Gasteiger partial charge in [-0.25, -0.2) is 9.98 Å². The lowest BCUT2D eigenvalue weighted by molar-refractivity contribution is 0.832. The fourth-order valence-electron chi connectivity index (χ4n) is 16.8. The minimum atomic E-state index is -2.27. The number of aromatic amines is 1. The zero-order valence-electron chi connectivity index (χ0n) is 56.7. The third kappa shape index (κ3) is 12.2. The fourth-order valence-corrected chi connectivity index (χ4v) is 38.2. The lowest BCUT2D eigenvalue weighted by atomic mass is 9.90. The van der Waals surface area contributed by atoms with E-state index in [1.807, 2.05) is 0 Å². The fraction of sp³-hybridized carbons (Fsp3) is 0.667. The summed E-state index contributed by atoms with van der Waals surface area (Å²) >= 11 is 0. The Bertz CT molecular complexity index is 2870. The van der Waals surface area contributed by atoms with Crippen molar-refractivity contribution in [2.45, 2.75) is 313 Å². The van der Waals surface area contributed by atoms with E-state index in [1.165, 1.54) is 44.3 Å². The highest BCUT2D eigenvalue weighted by molar-refractivity contribution is 6.92. The van der Waals surface area contributed by atoms with Crippen LogP contribution in [0.15, 0.2) is 66.1 Å². The van der Waals surface area contributed by atoms with Crippen LogP contribution in [0.4, 0.5) is 0 Å². The van der Waals surface area contributed by atoms with Crippen LogP contribution < -0.4 is 10.7 Å². The molecule has 0 saturated carbocycles. The monoisotopic (exact) mass is 1140 g/mol. The van der Waals surface area contributed by atoms with Crippen LogP contribution in [0.1, 0.15) is 245 Å². The zero-order chi connectivity index (χ0) is 60.2. The second-order valence-electron chi connectivity index (χ2n) is 27.8. The van der Waals surface area contributed by atoms with Gasteiger partial charge in [0.1, 0.15) is 24.2 Å². The first-order valence-corrected chi connectivity index (χ1v) is 41.2. The van der Waals surface area contributed by atoms with E-state index in [1.54, 1.807) is 0 Å². The number of aliphatic imine (C=N–C) groups is 2. The van der Waals surface area contributed by atoms with Gasteiger partial charge in [-0.15, -0.1) is 16.6 Å². The Labute approximate surface area is 492 Å². The SMILES string of the molecule is CCC1=C(CC)/C2=C(\C#C[Si](C(C)C)(C(C)C)C(C)C)C3=N\C(=C(C#C[Si](C(C)C)(C(C)C)C(C)C)/C(=C/[Si](C(C)C)(C(C)C)C(C)C)/C=c4\[nH]/c(c(CC)c4CC)=C(/C#C[Si](C(C)C)(C(C)C)C(C)C)C1=N2)C(CC)=C3CC. The van der Waals surface area contributed by atoms with Crippen LogP contribution in [0.2, 0.25) is 66.5 Å². The molecule has 3 nitrogen and oxygen atoms in total. The summed E-state index contributed by atoms with van der Waals surface area (Å²) in [5, 5.41) is 2.34. The minimum absolute atomic E-state index is 0.474. The number of hydrogen-bond donors (Lipinski definition) is 1. The van der Waals surface area contributed by atoms with E-state index in [0.29, 0.717) is 66.5 Å². The van der Waals surface area contributed by atoms with Crippen LogP contribution in [0, 0.1) is 34.4 Å². The summed E-state index contributed by atoms with van der Waals surface area (Å²) in [4.78, 5) is 16.6. The lowest BCUT2D eigenvalue weighted by Gasteiger charge is -2.41. The number of rotatable bonds is 19. The summed E-state index contributed by atoms with van der Waals surface area (Å²) in [7, 11) is -8.99. The zero-order valence-corrected chi connectivity index (χ0v) is 60.7. The third-order valence-corrected chi connectivity index (χ3v) is 46.4. The standard InChI is InChI=1S/C72H117N3Si4/c1-31-58-59(32-2)69-65(38-41-77(48(13)14,49(15)16)50(17)18)70-62(35-5)63(36-6)72(75-70)66(39-42-78(51(19)20,52(21)22)53(23)24)71-61(34-4)60(33-3)68(74-71)64(37-40-76(45(7)8,46(9)10)47(11)12)57(43-67(58)73-69)44-79(54(25)26,55(27)28)56(29)30/h43-56,73H,31-36H2,1-30H3/b57-44+,67-43-,68-64-,69-65-,72-66-. The Morgan fingerprint density at radius 3 is 0.987 bits per heavy atom. The van der Waals surface area contributed by atoms with Gasteiger partial charge < -0.3 is 4.98 Å². The number of aromatic nitrogens is 1. The van der Waals surface area contributed by atoms with Crippen molar-refractivity contribution >= 4 is 55.4 Å². The van der Waals surface area contributed by atoms with E-state index in [0.717, 1.165) is 83.4 Å². The molecule has 0 aliphatic carbocycles. The highest BCUT2D eigenvalue weighted by Gasteiger charge is 2.46. The maximum absolute atomic E-state index is 6.22. The summed E-state index contributed by atoms with van der Waals surface area (Å²) in [6, 6.07) is 0. The van der Waals surface area contributed by atoms with Gasteiger partial charge in [0.15, 0.2) is 0 Å². The van der Waals surface area contributed by atoms with Crippen LogP contribution in [0.25, 0.3) is 11.6 Å². The van der Waals surface area contributed by atoms with Crippen molar-refractivity contribution < 1.29 is 0 Å². The van der Waals surface area contributed by atoms with E-state index in [-0.39, 0.29) is 0 Å². The quantitative estimate of drug-likeness (QED) is 0.106. The second kappa shape index (κ2) is 27.3. The smallest absolute Gasteiger partial charge is 0.146 e. The molecule has 7 heteroatoms. The van der Waals surface area contributed by atoms with Gasteiger partial charge in [-0.3, -0.25) is 0 Å². The molecule has 0 atom stereocenters. The van der Waals surface area contributed by atoms with Crippen LogP contribution in [-0.2, 0) is 12.8 Å². The van der Waals surface area contributed by atoms with Gasteiger partial charge in [-0.2, -0.15) is 0 Å². The van der Waals surface area contributed by atoms with Crippen LogP contribution >= 0.6 is 0 Å². The largest absolute Gasteiger partial charge is 0.354 e. The van der Waals surface area contributed by atoms with E-state index in [4.69, 9.17) is 9.98 Å². The molecule has 436 valence electrons. The van der Waals surface area contributed by atoms with Gasteiger partial charge >= 0.3 is 0 Å². The molecule has 0 saturated heterocycles. The average Bonchev–Trinajstić information content (AvgIpc) is 4.06. The molecular weight excluding hydrogens is 1020 g/mol. The third-order valence-electron chi connectivity index (χ3n) is 20.7. The van der Waals surface area contributed by atoms with E-state index >= 15 is 0 Å². The number of nitrogens with zero attached hydrogens (tertiary/aromatic N) is 2. The van der Waals surface area contributed by atoms with Gasteiger partial charge in [0.25, 0.3) is 0 Å². The van der Waals surface area contributed by atoms with E-state index < -0.39 is 32.3 Å². The summed E-state index contributed by atoms with van der Waals surface area (Å²) in [6.45, 7) is 73.3. The van der Waals surface area contributed by atoms with Crippen molar-refractivity contribution in [3.8, 4) is 34.4 Å². The molecule has 1 aromatic rings. The molecule has 0 radical (unpaired) electrons. The van der Waals surface area contributed by atoms with Crippen molar-refractivity contribution in [1.29, 1.82) is 0 Å². The molecular formula is C72H117N3Si4. The molecule has 3 aliphatic heterocycles. The van der Waals surface area contributed by atoms with Crippen LogP contribution in [-0.4, -0.2) is 48.7 Å². The van der Waals surface area contributed by atoms with Gasteiger partial charge in [-0.05, 0) is 150 Å². The Kier molecular flexibility index (Phi) is 23.6. The molecule has 1 aromatic heterocycles. The Balaban J connectivity index is 2.81. The predicted molar refractivity (Wildman–Crippen MR) is 366 cm³/mol. The van der Waals surface area contributed by atoms with Gasteiger partial charge in [0, 0.05) is 5.35 Å². The number of fused-ring (bicyclic) bond motifs is 4. The number of H-pyrrole nitrogens is 1. The summed E-state index contributed by atoms with van der Waals surface area (Å²) in [5.74, 6) is 12.7. The topological polar surface area (TPSA) is 40.5 Å². The molecule has 0 unspecified atom stereocenters. The Morgan fingerprint density at radius 2 is 0.684 bits per heavy atom. The predicted octanol–water partition coefficient (Wildman–Crippen LogP) is 20.5. The molecule has 0 aromatic carbocycles. The number of allylic oxidation sites excluding steroid dienone is 7. The Hall–Kier alpha value is -3.39. The molecule has 6 bridgehead atoms. The summed E-state index contributed by atoms with van der Waals surface area (Å²) in [6.07, 6.45) is 7.75. The van der Waals surface area contributed by atoms with E-state index in [2.05, 4.69) is 259 Å². The van der Waals surface area contributed by atoms with Gasteiger partial charge in [0.05, 0.1) is 53.0 Å². The van der Waals surface area contributed by atoms with Crippen molar-refractivity contribution in [1.82, 2.24) is 4.98 Å². The maximum Gasteiger partial charge on any atom is 0.146 e. The molecule has 1 N–H and O–H groups in total. The van der Waals surface area contributed by atoms with Gasteiger partial charge in [0.2, 0.25) is 0 Å². The van der Waals surface area contributed by atoms with Crippen molar-refractivity contribution in [2.24, 2.45) is 9.98 Å². The number of hydrogen-bond acceptors (Lipinski definition) is 2. The lowest BCUT2D eigenvalue weighted by Crippen LogP contribution is -2.43. The van der Waals surface area contributed by atoms with E-state index in [9.17, 15) is 0 Å². The van der Waals surface area contributed by atoms with Crippen molar-refractivity contribution in [3.05, 3.63) is 77.9 Å².